The van der Waals surface area contributed by atoms with Gasteiger partial charge in [-0.15, -0.1) is 0 Å². The van der Waals surface area contributed by atoms with E-state index in [0.29, 0.717) is 16.9 Å². The quantitative estimate of drug-likeness (QED) is 0.270. The first-order valence-electron chi connectivity index (χ1n) is 9.17. The molecule has 1 aromatic heterocycles. The van der Waals surface area contributed by atoms with Crippen LogP contribution < -0.4 is 9.47 Å². The van der Waals surface area contributed by atoms with Crippen LogP contribution in [0.1, 0.15) is 57.3 Å². The Morgan fingerprint density at radius 2 is 2.11 bits per heavy atom. The topological polar surface area (TPSA) is 108 Å². The summed E-state index contributed by atoms with van der Waals surface area (Å²) >= 11 is 5.27. The fourth-order valence-corrected chi connectivity index (χ4v) is 2.96. The summed E-state index contributed by atoms with van der Waals surface area (Å²) in [5.41, 5.74) is 0.316. The van der Waals surface area contributed by atoms with Crippen LogP contribution >= 0.6 is 12.2 Å². The van der Waals surface area contributed by atoms with Crippen LogP contribution in [0.25, 0.3) is 0 Å². The zero-order chi connectivity index (χ0) is 20.7. The van der Waals surface area contributed by atoms with E-state index >= 15 is 0 Å². The summed E-state index contributed by atoms with van der Waals surface area (Å²) < 4.78 is 12.7. The van der Waals surface area contributed by atoms with Gasteiger partial charge in [-0.2, -0.15) is 14.9 Å². The molecule has 1 N–H and O–H groups in total. The molecule has 28 heavy (non-hydrogen) atoms. The van der Waals surface area contributed by atoms with Gasteiger partial charge in [0.25, 0.3) is 0 Å². The van der Waals surface area contributed by atoms with Crippen molar-refractivity contribution in [2.75, 3.05) is 13.7 Å². The zero-order valence-corrected chi connectivity index (χ0v) is 17.3. The van der Waals surface area contributed by atoms with Crippen LogP contribution in [-0.4, -0.2) is 39.7 Å². The van der Waals surface area contributed by atoms with Crippen LogP contribution in [0.15, 0.2) is 17.2 Å². The first kappa shape index (κ1) is 21.5. The molecule has 0 atom stereocenters. The van der Waals surface area contributed by atoms with E-state index in [2.05, 4.69) is 29.1 Å². The molecule has 2 aromatic rings. The molecular weight excluding hydrogens is 382 g/mol. The van der Waals surface area contributed by atoms with Crippen LogP contribution in [-0.2, 0) is 0 Å². The zero-order valence-electron chi connectivity index (χ0n) is 16.5. The largest absolute Gasteiger partial charge is 0.493 e. The highest BCUT2D eigenvalue weighted by Crippen LogP contribution is 2.38. The maximum Gasteiger partial charge on any atom is 0.315 e. The summed E-state index contributed by atoms with van der Waals surface area (Å²) in [6, 6.07) is 3.04. The average molecular weight is 407 g/mol. The lowest BCUT2D eigenvalue weighted by Crippen LogP contribution is -2.06. The van der Waals surface area contributed by atoms with Gasteiger partial charge in [-0.3, -0.25) is 15.2 Å². The van der Waals surface area contributed by atoms with Gasteiger partial charge in [0.15, 0.2) is 11.6 Å². The van der Waals surface area contributed by atoms with Gasteiger partial charge in [0.1, 0.15) is 0 Å². The SMILES string of the molecule is CCCOc1c(OC)cc(/C=N\n2c(C(CC)CC)n[nH]c2=S)cc1[N+](=O)[O-]. The lowest BCUT2D eigenvalue weighted by Gasteiger charge is -2.12. The van der Waals surface area contributed by atoms with E-state index in [1.54, 1.807) is 10.7 Å². The van der Waals surface area contributed by atoms with E-state index in [0.717, 1.165) is 25.1 Å². The van der Waals surface area contributed by atoms with Crippen LogP contribution in [0.3, 0.4) is 0 Å². The second-order valence-corrected chi connectivity index (χ2v) is 6.52. The van der Waals surface area contributed by atoms with Crippen molar-refractivity contribution in [3.05, 3.63) is 38.4 Å². The Morgan fingerprint density at radius 3 is 2.68 bits per heavy atom. The molecule has 0 fully saturated rings. The third-order valence-electron chi connectivity index (χ3n) is 4.27. The number of hydrogen-bond acceptors (Lipinski definition) is 7. The maximum atomic E-state index is 11.5. The van der Waals surface area contributed by atoms with Crippen LogP contribution in [0.2, 0.25) is 0 Å². The average Bonchev–Trinajstić information content (AvgIpc) is 3.05. The lowest BCUT2D eigenvalue weighted by atomic mass is 10.0. The molecule has 152 valence electrons. The highest BCUT2D eigenvalue weighted by atomic mass is 32.1. The number of rotatable bonds is 10. The van der Waals surface area contributed by atoms with E-state index in [-0.39, 0.29) is 23.1 Å². The summed E-state index contributed by atoms with van der Waals surface area (Å²) in [6.45, 7) is 6.42. The highest BCUT2D eigenvalue weighted by molar-refractivity contribution is 7.71. The summed E-state index contributed by atoms with van der Waals surface area (Å²) in [5, 5.41) is 22.9. The molecule has 0 saturated heterocycles. The molecule has 9 nitrogen and oxygen atoms in total. The van der Waals surface area contributed by atoms with E-state index in [4.69, 9.17) is 21.7 Å². The van der Waals surface area contributed by atoms with Gasteiger partial charge in [-0.25, -0.2) is 0 Å². The second-order valence-electron chi connectivity index (χ2n) is 6.13. The summed E-state index contributed by atoms with van der Waals surface area (Å²) in [7, 11) is 1.44. The highest BCUT2D eigenvalue weighted by Gasteiger charge is 2.22. The number of aromatic amines is 1. The number of nitrogens with one attached hydrogen (secondary N) is 1. The van der Waals surface area contributed by atoms with Crippen molar-refractivity contribution >= 4 is 24.1 Å². The number of nitro groups is 1. The Morgan fingerprint density at radius 1 is 1.39 bits per heavy atom. The van der Waals surface area contributed by atoms with Gasteiger partial charge in [0.05, 0.1) is 24.9 Å². The van der Waals surface area contributed by atoms with Crippen molar-refractivity contribution in [2.24, 2.45) is 5.10 Å². The van der Waals surface area contributed by atoms with Crippen molar-refractivity contribution in [3.8, 4) is 11.5 Å². The number of benzene rings is 1. The fourth-order valence-electron chi connectivity index (χ4n) is 2.78. The number of H-pyrrole nitrogens is 1. The van der Waals surface area contributed by atoms with Gasteiger partial charge in [0, 0.05) is 17.5 Å². The van der Waals surface area contributed by atoms with Crippen molar-refractivity contribution in [1.82, 2.24) is 14.9 Å². The summed E-state index contributed by atoms with van der Waals surface area (Å²) in [5.74, 6) is 1.33. The molecule has 2 rings (SSSR count). The Kier molecular flexibility index (Phi) is 7.68. The smallest absolute Gasteiger partial charge is 0.315 e. The van der Waals surface area contributed by atoms with E-state index < -0.39 is 4.92 Å². The molecule has 0 aliphatic rings. The number of hydrogen-bond donors (Lipinski definition) is 1. The normalized spacial score (nSPS) is 11.3. The third-order valence-corrected chi connectivity index (χ3v) is 4.54. The molecule has 1 aromatic carbocycles. The summed E-state index contributed by atoms with van der Waals surface area (Å²) in [6.07, 6.45) is 4.01. The van der Waals surface area contributed by atoms with Crippen LogP contribution in [0.5, 0.6) is 11.5 Å². The van der Waals surface area contributed by atoms with Crippen LogP contribution in [0, 0.1) is 14.9 Å². The van der Waals surface area contributed by atoms with Crippen molar-refractivity contribution in [2.45, 2.75) is 46.0 Å². The Bertz CT molecular complexity index is 902. The molecule has 0 bridgehead atoms. The second kappa shape index (κ2) is 9.98. The fraction of sp³-hybridized carbons (Fsp3) is 0.500. The van der Waals surface area contributed by atoms with Gasteiger partial charge in [-0.1, -0.05) is 20.8 Å². The number of nitro benzene ring substituents is 1. The number of aromatic nitrogens is 3. The predicted octanol–water partition coefficient (Wildman–Crippen LogP) is 4.43. The van der Waals surface area contributed by atoms with Gasteiger partial charge in [0.2, 0.25) is 10.5 Å². The molecule has 0 aliphatic carbocycles. The van der Waals surface area contributed by atoms with Gasteiger partial charge in [-0.05, 0) is 37.5 Å². The first-order valence-corrected chi connectivity index (χ1v) is 9.58. The Hall–Kier alpha value is -2.75. The van der Waals surface area contributed by atoms with Crippen molar-refractivity contribution in [3.63, 3.8) is 0 Å². The number of nitrogens with zero attached hydrogens (tertiary/aromatic N) is 4. The minimum Gasteiger partial charge on any atom is -0.493 e. The predicted molar refractivity (Wildman–Crippen MR) is 109 cm³/mol. The van der Waals surface area contributed by atoms with Crippen molar-refractivity contribution in [1.29, 1.82) is 0 Å². The first-order chi connectivity index (χ1) is 13.5. The summed E-state index contributed by atoms with van der Waals surface area (Å²) in [4.78, 5) is 11.0. The Balaban J connectivity index is 2.47. The van der Waals surface area contributed by atoms with E-state index in [1.807, 2.05) is 6.92 Å². The maximum absolute atomic E-state index is 11.5. The molecular formula is C18H25N5O4S. The molecule has 0 radical (unpaired) electrons. The molecule has 0 spiro atoms. The van der Waals surface area contributed by atoms with Gasteiger partial charge < -0.3 is 9.47 Å². The standard InChI is InChI=1S/C18H25N5O4S/c1-5-8-27-16-14(23(24)25)9-12(10-15(16)26-4)11-19-22-17(13(6-2)7-3)20-21-18(22)28/h9-11,13H,5-8H2,1-4H3,(H,21,28)/b19-11-. The van der Waals surface area contributed by atoms with Crippen LogP contribution in [0.4, 0.5) is 5.69 Å². The molecule has 0 aliphatic heterocycles. The molecule has 0 saturated carbocycles. The monoisotopic (exact) mass is 407 g/mol. The number of ether oxygens (including phenoxy) is 2. The molecule has 0 unspecified atom stereocenters. The minimum absolute atomic E-state index is 0.115. The van der Waals surface area contributed by atoms with E-state index in [1.165, 1.54) is 19.4 Å². The van der Waals surface area contributed by atoms with Crippen molar-refractivity contribution < 1.29 is 14.4 Å². The molecule has 0 amide bonds. The number of methoxy groups -OCH3 is 1. The van der Waals surface area contributed by atoms with Gasteiger partial charge >= 0.3 is 5.69 Å². The van der Waals surface area contributed by atoms with E-state index in [9.17, 15) is 10.1 Å². The minimum atomic E-state index is -0.496. The lowest BCUT2D eigenvalue weighted by molar-refractivity contribution is -0.386. The molecule has 1 heterocycles. The Labute approximate surface area is 168 Å². The third kappa shape index (κ3) is 4.75. The molecule has 10 heteroatoms.